The van der Waals surface area contributed by atoms with E-state index >= 15 is 0 Å². The van der Waals surface area contributed by atoms with Crippen molar-refractivity contribution in [2.75, 3.05) is 6.54 Å². The summed E-state index contributed by atoms with van der Waals surface area (Å²) < 4.78 is 0. The lowest BCUT2D eigenvalue weighted by atomic mass is 9.95. The zero-order chi connectivity index (χ0) is 10.9. The molecule has 0 amide bonds. The van der Waals surface area contributed by atoms with E-state index in [1.54, 1.807) is 0 Å². The predicted octanol–water partition coefficient (Wildman–Crippen LogP) is 3.35. The molecule has 1 fully saturated rings. The van der Waals surface area contributed by atoms with Crippen molar-refractivity contribution in [1.82, 2.24) is 5.32 Å². The van der Waals surface area contributed by atoms with Crippen molar-refractivity contribution in [1.29, 1.82) is 0 Å². The van der Waals surface area contributed by atoms with E-state index in [0.717, 1.165) is 18.9 Å². The van der Waals surface area contributed by atoms with Crippen LogP contribution in [0.1, 0.15) is 58.8 Å². The monoisotopic (exact) mass is 207 g/mol. The van der Waals surface area contributed by atoms with Crippen molar-refractivity contribution >= 4 is 0 Å². The lowest BCUT2D eigenvalue weighted by Gasteiger charge is -2.20. The molecule has 0 radical (unpaired) electrons. The molecule has 0 aliphatic heterocycles. The van der Waals surface area contributed by atoms with Crippen molar-refractivity contribution < 1.29 is 0 Å². The molecule has 0 bridgehead atoms. The van der Waals surface area contributed by atoms with Crippen LogP contribution < -0.4 is 5.32 Å². The summed E-state index contributed by atoms with van der Waals surface area (Å²) in [6.07, 6.45) is 9.49. The summed E-state index contributed by atoms with van der Waals surface area (Å²) in [5.74, 6) is 7.14. The first-order valence-electron chi connectivity index (χ1n) is 6.49. The quantitative estimate of drug-likeness (QED) is 0.659. The normalized spacial score (nSPS) is 18.5. The zero-order valence-corrected chi connectivity index (χ0v) is 10.3. The van der Waals surface area contributed by atoms with E-state index in [2.05, 4.69) is 24.1 Å². The van der Waals surface area contributed by atoms with Crippen molar-refractivity contribution in [2.24, 2.45) is 5.92 Å². The van der Waals surface area contributed by atoms with Gasteiger partial charge in [-0.25, -0.2) is 0 Å². The summed E-state index contributed by atoms with van der Waals surface area (Å²) >= 11 is 0. The van der Waals surface area contributed by atoms with Crippen LogP contribution in [0.25, 0.3) is 0 Å². The molecule has 0 spiro atoms. The maximum Gasteiger partial charge on any atom is 0.0103 e. The molecule has 1 saturated carbocycles. The molecule has 1 aliphatic carbocycles. The summed E-state index contributed by atoms with van der Waals surface area (Å²) in [4.78, 5) is 0. The van der Waals surface area contributed by atoms with Gasteiger partial charge in [-0.2, -0.15) is 0 Å². The standard InChI is InChI=1S/C14H25N/c1-3-5-6-11-14(15-4-2)12-13-9-7-8-10-13/h13-15H,4,6-12H2,1-2H3. The van der Waals surface area contributed by atoms with E-state index in [0.29, 0.717) is 6.04 Å². The maximum absolute atomic E-state index is 3.60. The minimum absolute atomic E-state index is 0.707. The Labute approximate surface area is 95.0 Å². The van der Waals surface area contributed by atoms with Gasteiger partial charge in [0.05, 0.1) is 0 Å². The van der Waals surface area contributed by atoms with E-state index in [-0.39, 0.29) is 0 Å². The fourth-order valence-electron chi connectivity index (χ4n) is 2.61. The van der Waals surface area contributed by atoms with Gasteiger partial charge in [0.1, 0.15) is 0 Å². The van der Waals surface area contributed by atoms with Gasteiger partial charge in [-0.15, -0.1) is 11.8 Å². The van der Waals surface area contributed by atoms with Gasteiger partial charge in [0.25, 0.3) is 0 Å². The Morgan fingerprint density at radius 3 is 2.67 bits per heavy atom. The molecule has 0 aromatic rings. The lowest BCUT2D eigenvalue weighted by molar-refractivity contribution is 0.379. The van der Waals surface area contributed by atoms with Crippen LogP contribution in [0.5, 0.6) is 0 Å². The molecule has 1 aliphatic rings. The van der Waals surface area contributed by atoms with Crippen LogP contribution >= 0.6 is 0 Å². The van der Waals surface area contributed by atoms with E-state index in [1.165, 1.54) is 38.5 Å². The molecule has 1 heteroatoms. The van der Waals surface area contributed by atoms with Crippen LogP contribution in [0.2, 0.25) is 0 Å². The number of hydrogen-bond acceptors (Lipinski definition) is 1. The smallest absolute Gasteiger partial charge is 0.0103 e. The minimum Gasteiger partial charge on any atom is -0.314 e. The first-order valence-corrected chi connectivity index (χ1v) is 6.49. The summed E-state index contributed by atoms with van der Waals surface area (Å²) in [6.45, 7) is 5.23. The number of nitrogens with one attached hydrogen (secondary N) is 1. The van der Waals surface area contributed by atoms with Gasteiger partial charge in [-0.3, -0.25) is 0 Å². The molecule has 86 valence electrons. The molecule has 1 N–H and O–H groups in total. The third-order valence-corrected chi connectivity index (χ3v) is 3.38. The SMILES string of the molecule is CC#CCCC(CC1CCCC1)NCC. The second-order valence-electron chi connectivity index (χ2n) is 4.61. The third-order valence-electron chi connectivity index (χ3n) is 3.38. The van der Waals surface area contributed by atoms with Gasteiger partial charge in [-0.1, -0.05) is 32.6 Å². The second kappa shape index (κ2) is 7.77. The average molecular weight is 207 g/mol. The summed E-state index contributed by atoms with van der Waals surface area (Å²) in [5.41, 5.74) is 0. The molecule has 1 atom stereocenters. The average Bonchev–Trinajstić information content (AvgIpc) is 2.71. The summed E-state index contributed by atoms with van der Waals surface area (Å²) in [5, 5.41) is 3.60. The highest BCUT2D eigenvalue weighted by atomic mass is 14.9. The van der Waals surface area contributed by atoms with Crippen LogP contribution in [-0.2, 0) is 0 Å². The van der Waals surface area contributed by atoms with Crippen LogP contribution in [0.3, 0.4) is 0 Å². The highest BCUT2D eigenvalue weighted by Crippen LogP contribution is 2.29. The Morgan fingerprint density at radius 2 is 2.07 bits per heavy atom. The summed E-state index contributed by atoms with van der Waals surface area (Å²) in [6, 6.07) is 0.707. The van der Waals surface area contributed by atoms with Crippen molar-refractivity contribution in [2.45, 2.75) is 64.8 Å². The molecule has 1 nitrogen and oxygen atoms in total. The van der Waals surface area contributed by atoms with Gasteiger partial charge < -0.3 is 5.32 Å². The molecular formula is C14H25N. The molecule has 0 aromatic heterocycles. The first kappa shape index (κ1) is 12.6. The second-order valence-corrected chi connectivity index (χ2v) is 4.61. The third kappa shape index (κ3) is 5.23. The van der Waals surface area contributed by atoms with Crippen LogP contribution in [0.15, 0.2) is 0 Å². The Bertz CT molecular complexity index is 205. The van der Waals surface area contributed by atoms with Gasteiger partial charge in [0.15, 0.2) is 0 Å². The van der Waals surface area contributed by atoms with Gasteiger partial charge >= 0.3 is 0 Å². The maximum atomic E-state index is 3.60. The Hall–Kier alpha value is -0.480. The van der Waals surface area contributed by atoms with Crippen molar-refractivity contribution in [3.05, 3.63) is 0 Å². The predicted molar refractivity (Wildman–Crippen MR) is 66.7 cm³/mol. The Kier molecular flexibility index (Phi) is 6.52. The van der Waals surface area contributed by atoms with E-state index in [4.69, 9.17) is 0 Å². The Morgan fingerprint density at radius 1 is 1.33 bits per heavy atom. The first-order chi connectivity index (χ1) is 7.36. The minimum atomic E-state index is 0.707. The van der Waals surface area contributed by atoms with Gasteiger partial charge in [0.2, 0.25) is 0 Å². The highest BCUT2D eigenvalue weighted by molar-refractivity contribution is 4.95. The topological polar surface area (TPSA) is 12.0 Å². The fourth-order valence-corrected chi connectivity index (χ4v) is 2.61. The molecule has 0 saturated heterocycles. The summed E-state index contributed by atoms with van der Waals surface area (Å²) in [7, 11) is 0. The van der Waals surface area contributed by atoms with Gasteiger partial charge in [0, 0.05) is 12.5 Å². The number of rotatable bonds is 6. The lowest BCUT2D eigenvalue weighted by Crippen LogP contribution is -2.30. The Balaban J connectivity index is 2.23. The van der Waals surface area contributed by atoms with E-state index in [9.17, 15) is 0 Å². The zero-order valence-electron chi connectivity index (χ0n) is 10.3. The molecule has 0 aromatic carbocycles. The van der Waals surface area contributed by atoms with E-state index < -0.39 is 0 Å². The van der Waals surface area contributed by atoms with Crippen LogP contribution in [-0.4, -0.2) is 12.6 Å². The number of hydrogen-bond donors (Lipinski definition) is 1. The molecule has 1 unspecified atom stereocenters. The van der Waals surface area contributed by atoms with Crippen molar-refractivity contribution in [3.63, 3.8) is 0 Å². The van der Waals surface area contributed by atoms with Crippen LogP contribution in [0, 0.1) is 17.8 Å². The van der Waals surface area contributed by atoms with Crippen LogP contribution in [0.4, 0.5) is 0 Å². The molecular weight excluding hydrogens is 182 g/mol. The fraction of sp³-hybridized carbons (Fsp3) is 0.857. The van der Waals surface area contributed by atoms with Crippen molar-refractivity contribution in [3.8, 4) is 11.8 Å². The molecule has 15 heavy (non-hydrogen) atoms. The molecule has 1 rings (SSSR count). The highest BCUT2D eigenvalue weighted by Gasteiger charge is 2.19. The van der Waals surface area contributed by atoms with E-state index in [1.807, 2.05) is 6.92 Å². The van der Waals surface area contributed by atoms with Gasteiger partial charge in [-0.05, 0) is 32.2 Å². The molecule has 0 heterocycles. The largest absolute Gasteiger partial charge is 0.314 e.